The lowest BCUT2D eigenvalue weighted by molar-refractivity contribution is -0.118. The monoisotopic (exact) mass is 516 g/mol. The van der Waals surface area contributed by atoms with Gasteiger partial charge in [0.05, 0.1) is 0 Å². The Balaban J connectivity index is 0.000000239. The summed E-state index contributed by atoms with van der Waals surface area (Å²) >= 11 is 0. The molecule has 0 radical (unpaired) electrons. The van der Waals surface area contributed by atoms with E-state index in [0.717, 1.165) is 12.2 Å². The Morgan fingerprint density at radius 1 is 0.316 bits per heavy atom. The molecule has 0 heterocycles. The number of aliphatic hydroxyl groups is 2. The van der Waals surface area contributed by atoms with Gasteiger partial charge in [0, 0.05) is 0 Å². The molecule has 6 N–H and O–H groups in total. The summed E-state index contributed by atoms with van der Waals surface area (Å²) in [5, 5.41) is 51.8. The Bertz CT molecular complexity index is 1100. The number of benzene rings is 4. The van der Waals surface area contributed by atoms with Crippen LogP contribution in [-0.2, 0) is 9.59 Å². The number of allylic oxidation sites excluding steroid dienone is 2. The minimum Gasteiger partial charge on any atom is -0.508 e. The average molecular weight is 517 g/mol. The highest BCUT2D eigenvalue weighted by Gasteiger charge is 2.20. The van der Waals surface area contributed by atoms with E-state index >= 15 is 0 Å². The molecule has 8 nitrogen and oxygen atoms in total. The van der Waals surface area contributed by atoms with E-state index in [4.69, 9.17) is 30.6 Å². The molecule has 4 aromatic rings. The third-order valence-corrected chi connectivity index (χ3v) is 4.10. The molecule has 0 saturated carbocycles. The molecule has 0 saturated heterocycles. The first-order valence-corrected chi connectivity index (χ1v) is 11.1. The van der Waals surface area contributed by atoms with E-state index in [-0.39, 0.29) is 0 Å². The fourth-order valence-electron chi connectivity index (χ4n) is 2.25. The summed E-state index contributed by atoms with van der Waals surface area (Å²) in [6.45, 7) is 0. The van der Waals surface area contributed by atoms with E-state index in [1.165, 1.54) is 0 Å². The largest absolute Gasteiger partial charge is 0.508 e. The van der Waals surface area contributed by atoms with Gasteiger partial charge in [-0.25, -0.2) is 0 Å². The molecule has 0 aromatic heterocycles. The van der Waals surface area contributed by atoms with Gasteiger partial charge in [-0.15, -0.1) is 0 Å². The number of carbonyl (C=O) groups is 2. The minimum atomic E-state index is -0.882. The maximum atomic E-state index is 10.4. The highest BCUT2D eigenvalue weighted by Crippen LogP contribution is 2.08. The average Bonchev–Trinajstić information content (AvgIpc) is 2.93. The van der Waals surface area contributed by atoms with Crippen molar-refractivity contribution in [2.24, 2.45) is 0 Å². The van der Waals surface area contributed by atoms with Crippen LogP contribution in [0.3, 0.4) is 0 Å². The van der Waals surface area contributed by atoms with Crippen LogP contribution in [0.15, 0.2) is 145 Å². The zero-order valence-electron chi connectivity index (χ0n) is 20.2. The van der Waals surface area contributed by atoms with Crippen LogP contribution >= 0.6 is 0 Å². The van der Waals surface area contributed by atoms with Crippen molar-refractivity contribution in [3.8, 4) is 23.0 Å². The van der Waals surface area contributed by atoms with Crippen molar-refractivity contribution < 1.29 is 40.2 Å². The third-order valence-electron chi connectivity index (χ3n) is 4.10. The van der Waals surface area contributed by atoms with Crippen molar-refractivity contribution in [1.82, 2.24) is 0 Å². The summed E-state index contributed by atoms with van der Waals surface area (Å²) in [5.41, 5.74) is 0. The van der Waals surface area contributed by atoms with E-state index in [1.54, 1.807) is 97.1 Å². The van der Waals surface area contributed by atoms with Crippen LogP contribution in [0.25, 0.3) is 0 Å². The van der Waals surface area contributed by atoms with Gasteiger partial charge in [0.2, 0.25) is 23.1 Å². The number of para-hydroxylation sites is 4. The summed E-state index contributed by atoms with van der Waals surface area (Å²) in [5.74, 6) is -1.98. The van der Waals surface area contributed by atoms with Crippen LogP contribution < -0.4 is 0 Å². The predicted molar refractivity (Wildman–Crippen MR) is 144 cm³/mol. The van der Waals surface area contributed by atoms with Crippen molar-refractivity contribution in [2.75, 3.05) is 0 Å². The number of ketones is 2. The molecule has 38 heavy (non-hydrogen) atoms. The topological polar surface area (TPSA) is 156 Å². The molecular formula is C30H28O8. The van der Waals surface area contributed by atoms with Gasteiger partial charge in [0.25, 0.3) is 0 Å². The van der Waals surface area contributed by atoms with Crippen LogP contribution in [0.5, 0.6) is 23.0 Å². The summed E-state index contributed by atoms with van der Waals surface area (Å²) in [7, 11) is 0. The van der Waals surface area contributed by atoms with Gasteiger partial charge >= 0.3 is 0 Å². The van der Waals surface area contributed by atoms with Crippen LogP contribution in [-0.4, -0.2) is 42.2 Å². The van der Waals surface area contributed by atoms with Gasteiger partial charge in [-0.2, -0.15) is 0 Å². The van der Waals surface area contributed by atoms with Crippen LogP contribution in [0, 0.1) is 0 Å². The predicted octanol–water partition coefficient (Wildman–Crippen LogP) is 5.59. The third kappa shape index (κ3) is 14.0. The molecule has 1 aliphatic carbocycles. The molecule has 8 heteroatoms. The van der Waals surface area contributed by atoms with Crippen molar-refractivity contribution >= 4 is 11.6 Å². The Morgan fingerprint density at radius 3 is 0.632 bits per heavy atom. The number of phenolic OH excluding ortho intramolecular Hbond substituents is 4. The zero-order chi connectivity index (χ0) is 28.2. The van der Waals surface area contributed by atoms with Gasteiger partial charge in [-0.3, -0.25) is 9.59 Å². The molecule has 0 amide bonds. The second kappa shape index (κ2) is 17.9. The van der Waals surface area contributed by atoms with Crippen molar-refractivity contribution in [3.63, 3.8) is 0 Å². The molecule has 5 rings (SSSR count). The summed E-state index contributed by atoms with van der Waals surface area (Å²) in [4.78, 5) is 20.9. The zero-order valence-corrected chi connectivity index (χ0v) is 20.2. The quantitative estimate of drug-likeness (QED) is 0.165. The molecule has 0 aliphatic heterocycles. The molecule has 0 fully saturated rings. The standard InChI is InChI=1S/C6H4O4.4C6H6O/c7-3-1-2-4(8)6(10)5(3)9;4*7-6-4-2-1-3-5-6/h1-2,9-10H;4*1-5,7H. The molecule has 1 aliphatic rings. The number of hydrogen-bond donors (Lipinski definition) is 6. The SMILES string of the molecule is O=C1C=CC(=O)C(O)=C1O.Oc1ccccc1.Oc1ccccc1.Oc1ccccc1.Oc1ccccc1. The normalized spacial score (nSPS) is 11.2. The first-order chi connectivity index (χ1) is 18.2. The first kappa shape index (κ1) is 30.5. The van der Waals surface area contributed by atoms with Gasteiger partial charge in [-0.05, 0) is 60.7 Å². The summed E-state index contributed by atoms with van der Waals surface area (Å²) < 4.78 is 0. The minimum absolute atomic E-state index is 0.322. The Kier molecular flexibility index (Phi) is 14.4. The van der Waals surface area contributed by atoms with Crippen LogP contribution in [0.2, 0.25) is 0 Å². The van der Waals surface area contributed by atoms with Crippen molar-refractivity contribution in [2.45, 2.75) is 0 Å². The van der Waals surface area contributed by atoms with Crippen molar-refractivity contribution in [3.05, 3.63) is 145 Å². The molecule has 0 unspecified atom stereocenters. The highest BCUT2D eigenvalue weighted by molar-refractivity contribution is 6.17. The molecule has 0 spiro atoms. The smallest absolute Gasteiger partial charge is 0.224 e. The molecule has 0 bridgehead atoms. The van der Waals surface area contributed by atoms with Gasteiger partial charge < -0.3 is 30.6 Å². The molecule has 0 atom stereocenters. The van der Waals surface area contributed by atoms with Crippen LogP contribution in [0.1, 0.15) is 0 Å². The summed E-state index contributed by atoms with van der Waals surface area (Å²) in [6, 6.07) is 34.9. The number of rotatable bonds is 0. The van der Waals surface area contributed by atoms with Gasteiger partial charge in [0.1, 0.15) is 23.0 Å². The first-order valence-electron chi connectivity index (χ1n) is 11.1. The maximum absolute atomic E-state index is 10.4. The summed E-state index contributed by atoms with van der Waals surface area (Å²) in [6.07, 6.45) is 1.80. The van der Waals surface area contributed by atoms with E-state index in [0.29, 0.717) is 23.0 Å². The number of aliphatic hydroxyl groups excluding tert-OH is 2. The van der Waals surface area contributed by atoms with Crippen LogP contribution in [0.4, 0.5) is 0 Å². The molecule has 196 valence electrons. The maximum Gasteiger partial charge on any atom is 0.224 e. The number of phenols is 4. The lowest BCUT2D eigenvalue weighted by Gasteiger charge is -2.01. The fourth-order valence-corrected chi connectivity index (χ4v) is 2.25. The second-order valence-electron chi connectivity index (χ2n) is 7.10. The van der Waals surface area contributed by atoms with E-state index in [9.17, 15) is 9.59 Å². The molecule has 4 aromatic carbocycles. The van der Waals surface area contributed by atoms with Gasteiger partial charge in [0.15, 0.2) is 0 Å². The number of hydrogen-bond acceptors (Lipinski definition) is 8. The highest BCUT2D eigenvalue weighted by atomic mass is 16.3. The Hall–Kier alpha value is -5.50. The number of aromatic hydroxyl groups is 4. The lowest BCUT2D eigenvalue weighted by atomic mass is 10.1. The lowest BCUT2D eigenvalue weighted by Crippen LogP contribution is -2.13. The fraction of sp³-hybridized carbons (Fsp3) is 0. The van der Waals surface area contributed by atoms with E-state index < -0.39 is 23.1 Å². The molecular weight excluding hydrogens is 488 g/mol. The van der Waals surface area contributed by atoms with E-state index in [2.05, 4.69) is 0 Å². The van der Waals surface area contributed by atoms with Crippen molar-refractivity contribution in [1.29, 1.82) is 0 Å². The second-order valence-corrected chi connectivity index (χ2v) is 7.10. The Labute approximate surface area is 220 Å². The van der Waals surface area contributed by atoms with Gasteiger partial charge in [-0.1, -0.05) is 72.8 Å². The Morgan fingerprint density at radius 2 is 0.500 bits per heavy atom. The van der Waals surface area contributed by atoms with E-state index in [1.807, 2.05) is 24.3 Å². The number of carbonyl (C=O) groups excluding carboxylic acids is 2.